The van der Waals surface area contributed by atoms with Crippen LogP contribution in [0.4, 0.5) is 5.13 Å². The van der Waals surface area contributed by atoms with Gasteiger partial charge in [-0.15, -0.1) is 11.3 Å². The molecule has 2 heterocycles. The Bertz CT molecular complexity index is 913. The van der Waals surface area contributed by atoms with Crippen LogP contribution in [0.15, 0.2) is 38.9 Å². The molecule has 0 saturated heterocycles. The molecule has 6 nitrogen and oxygen atoms in total. The van der Waals surface area contributed by atoms with Crippen molar-refractivity contribution in [3.63, 3.8) is 0 Å². The van der Waals surface area contributed by atoms with E-state index in [1.54, 1.807) is 18.2 Å². The number of amides is 1. The predicted molar refractivity (Wildman–Crippen MR) is 83.8 cm³/mol. The topological polar surface area (TPSA) is 81.4 Å². The molecule has 0 atom stereocenters. The quantitative estimate of drug-likeness (QED) is 0.751. The summed E-state index contributed by atoms with van der Waals surface area (Å²) >= 11 is 1.32. The maximum atomic E-state index is 12.4. The summed E-state index contributed by atoms with van der Waals surface area (Å²) in [6.07, 6.45) is 0. The number of hydrogen-bond donors (Lipinski definition) is 1. The molecule has 0 saturated carbocycles. The van der Waals surface area contributed by atoms with Crippen molar-refractivity contribution in [3.8, 4) is 5.75 Å². The van der Waals surface area contributed by atoms with Crippen molar-refractivity contribution in [2.24, 2.45) is 0 Å². The van der Waals surface area contributed by atoms with Crippen molar-refractivity contribution in [2.45, 2.75) is 6.92 Å². The molecular formula is C15H12N2O4S. The third-order valence-electron chi connectivity index (χ3n) is 3.04. The second-order valence-corrected chi connectivity index (χ2v) is 5.45. The second kappa shape index (κ2) is 5.61. The molecular weight excluding hydrogens is 304 g/mol. The van der Waals surface area contributed by atoms with Gasteiger partial charge < -0.3 is 9.15 Å². The molecule has 7 heteroatoms. The summed E-state index contributed by atoms with van der Waals surface area (Å²) in [6, 6.07) is 6.12. The van der Waals surface area contributed by atoms with Gasteiger partial charge in [-0.05, 0) is 19.1 Å². The molecule has 3 rings (SSSR count). The fourth-order valence-electron chi connectivity index (χ4n) is 2.03. The molecule has 1 N–H and O–H groups in total. The van der Waals surface area contributed by atoms with Gasteiger partial charge in [0.05, 0.1) is 18.4 Å². The first-order valence-electron chi connectivity index (χ1n) is 6.42. The van der Waals surface area contributed by atoms with Crippen LogP contribution in [0.1, 0.15) is 16.1 Å². The second-order valence-electron chi connectivity index (χ2n) is 4.59. The lowest BCUT2D eigenvalue weighted by Crippen LogP contribution is -2.15. The number of nitrogens with zero attached hydrogens (tertiary/aromatic N) is 1. The molecule has 0 aliphatic rings. The Morgan fingerprint density at radius 2 is 2.18 bits per heavy atom. The molecule has 0 bridgehead atoms. The highest BCUT2D eigenvalue weighted by Gasteiger charge is 2.15. The molecule has 2 aromatic heterocycles. The molecule has 0 unspecified atom stereocenters. The van der Waals surface area contributed by atoms with E-state index in [9.17, 15) is 9.59 Å². The largest absolute Gasteiger partial charge is 0.497 e. The van der Waals surface area contributed by atoms with Gasteiger partial charge in [0.2, 0.25) is 0 Å². The summed E-state index contributed by atoms with van der Waals surface area (Å²) < 4.78 is 10.2. The van der Waals surface area contributed by atoms with Crippen molar-refractivity contribution in [2.75, 3.05) is 12.4 Å². The van der Waals surface area contributed by atoms with Gasteiger partial charge in [0.15, 0.2) is 5.13 Å². The van der Waals surface area contributed by atoms with E-state index in [1.165, 1.54) is 24.5 Å². The number of thiazole rings is 1. The first-order chi connectivity index (χ1) is 10.6. The zero-order valence-corrected chi connectivity index (χ0v) is 12.7. The van der Waals surface area contributed by atoms with Crippen LogP contribution in [0.25, 0.3) is 11.0 Å². The van der Waals surface area contributed by atoms with Crippen LogP contribution in [-0.4, -0.2) is 18.0 Å². The average molecular weight is 316 g/mol. The first kappa shape index (κ1) is 14.3. The highest BCUT2D eigenvalue weighted by atomic mass is 32.1. The Morgan fingerprint density at radius 3 is 2.86 bits per heavy atom. The van der Waals surface area contributed by atoms with E-state index < -0.39 is 11.5 Å². The van der Waals surface area contributed by atoms with Crippen LogP contribution >= 0.6 is 11.3 Å². The van der Waals surface area contributed by atoms with Crippen LogP contribution in [0.2, 0.25) is 0 Å². The molecule has 0 fully saturated rings. The Balaban J connectivity index is 2.05. The Hall–Kier alpha value is -2.67. The maximum absolute atomic E-state index is 12.4. The summed E-state index contributed by atoms with van der Waals surface area (Å²) in [4.78, 5) is 28.2. The van der Waals surface area contributed by atoms with E-state index in [0.717, 1.165) is 5.69 Å². The number of nitrogens with one attached hydrogen (secondary N) is 1. The molecule has 1 amide bonds. The molecule has 3 aromatic rings. The van der Waals surface area contributed by atoms with Crippen LogP contribution in [0, 0.1) is 6.92 Å². The summed E-state index contributed by atoms with van der Waals surface area (Å²) in [7, 11) is 1.51. The van der Waals surface area contributed by atoms with Crippen molar-refractivity contribution in [1.82, 2.24) is 4.98 Å². The number of anilines is 1. The number of carbonyl (C=O) groups is 1. The van der Waals surface area contributed by atoms with E-state index in [1.807, 2.05) is 12.3 Å². The third kappa shape index (κ3) is 2.71. The van der Waals surface area contributed by atoms with E-state index in [2.05, 4.69) is 10.3 Å². The van der Waals surface area contributed by atoms with Gasteiger partial charge in [0.1, 0.15) is 11.3 Å². The van der Waals surface area contributed by atoms with Crippen molar-refractivity contribution < 1.29 is 13.9 Å². The van der Waals surface area contributed by atoms with Gasteiger partial charge in [-0.25, -0.2) is 9.78 Å². The summed E-state index contributed by atoms with van der Waals surface area (Å²) in [5.74, 6) is 0.140. The summed E-state index contributed by atoms with van der Waals surface area (Å²) in [5.41, 5.74) is 0.762. The summed E-state index contributed by atoms with van der Waals surface area (Å²) in [5, 5.41) is 5.53. The van der Waals surface area contributed by atoms with Gasteiger partial charge in [-0.1, -0.05) is 0 Å². The normalized spacial score (nSPS) is 10.6. The fraction of sp³-hybridized carbons (Fsp3) is 0.133. The third-order valence-corrected chi connectivity index (χ3v) is 3.91. The van der Waals surface area contributed by atoms with Crippen molar-refractivity contribution in [1.29, 1.82) is 0 Å². The Kier molecular flexibility index (Phi) is 3.64. The van der Waals surface area contributed by atoms with Crippen molar-refractivity contribution >= 4 is 33.3 Å². The van der Waals surface area contributed by atoms with Gasteiger partial charge >= 0.3 is 5.63 Å². The number of hydrogen-bond acceptors (Lipinski definition) is 6. The fourth-order valence-corrected chi connectivity index (χ4v) is 2.72. The minimum absolute atomic E-state index is 0.238. The minimum Gasteiger partial charge on any atom is -0.497 e. The van der Waals surface area contributed by atoms with Crippen LogP contribution < -0.4 is 15.7 Å². The molecule has 112 valence electrons. The lowest BCUT2D eigenvalue weighted by atomic mass is 10.1. The molecule has 0 aliphatic heterocycles. The first-order valence-corrected chi connectivity index (χ1v) is 7.30. The van der Waals surface area contributed by atoms with E-state index in [4.69, 9.17) is 9.15 Å². The van der Waals surface area contributed by atoms with Gasteiger partial charge in [-0.2, -0.15) is 0 Å². The molecule has 1 aromatic carbocycles. The zero-order chi connectivity index (χ0) is 15.7. The average Bonchev–Trinajstić information content (AvgIpc) is 2.90. The number of rotatable bonds is 3. The smallest absolute Gasteiger partial charge is 0.337 e. The highest BCUT2D eigenvalue weighted by molar-refractivity contribution is 7.13. The number of carbonyl (C=O) groups excluding carboxylic acids is 1. The van der Waals surface area contributed by atoms with E-state index in [0.29, 0.717) is 21.9 Å². The molecule has 0 aliphatic carbocycles. The van der Waals surface area contributed by atoms with Gasteiger partial charge in [0, 0.05) is 22.9 Å². The molecule has 0 spiro atoms. The minimum atomic E-state index is -0.596. The maximum Gasteiger partial charge on any atom is 0.337 e. The number of benzene rings is 1. The Labute approximate surface area is 129 Å². The van der Waals surface area contributed by atoms with Crippen LogP contribution in [0.3, 0.4) is 0 Å². The number of aryl methyl sites for hydroxylation is 1. The van der Waals surface area contributed by atoms with Crippen molar-refractivity contribution in [3.05, 3.63) is 51.3 Å². The SMILES string of the molecule is COc1ccc2c(C(=O)Nc3nc(C)cs3)cc(=O)oc2c1. The van der Waals surface area contributed by atoms with E-state index in [-0.39, 0.29) is 5.56 Å². The predicted octanol–water partition coefficient (Wildman–Crippen LogP) is 2.82. The zero-order valence-electron chi connectivity index (χ0n) is 11.9. The number of ether oxygens (including phenoxy) is 1. The lowest BCUT2D eigenvalue weighted by molar-refractivity contribution is 0.102. The number of aromatic nitrogens is 1. The molecule has 0 radical (unpaired) electrons. The highest BCUT2D eigenvalue weighted by Crippen LogP contribution is 2.23. The van der Waals surface area contributed by atoms with Gasteiger partial charge in [-0.3, -0.25) is 10.1 Å². The Morgan fingerprint density at radius 1 is 1.36 bits per heavy atom. The number of fused-ring (bicyclic) bond motifs is 1. The monoisotopic (exact) mass is 316 g/mol. The van der Waals surface area contributed by atoms with E-state index >= 15 is 0 Å². The van der Waals surface area contributed by atoms with Crippen LogP contribution in [-0.2, 0) is 0 Å². The van der Waals surface area contributed by atoms with Crippen LogP contribution in [0.5, 0.6) is 5.75 Å². The number of methoxy groups -OCH3 is 1. The standard InChI is InChI=1S/C15H12N2O4S/c1-8-7-22-15(16-8)17-14(19)11-6-13(18)21-12-5-9(20-2)3-4-10(11)12/h3-7H,1-2H3,(H,16,17,19). The lowest BCUT2D eigenvalue weighted by Gasteiger charge is -2.06. The summed E-state index contributed by atoms with van der Waals surface area (Å²) in [6.45, 7) is 1.84. The molecule has 22 heavy (non-hydrogen) atoms. The van der Waals surface area contributed by atoms with Gasteiger partial charge in [0.25, 0.3) is 5.91 Å².